The van der Waals surface area contributed by atoms with E-state index in [9.17, 15) is 9.90 Å². The topological polar surface area (TPSA) is 81.6 Å². The van der Waals surface area contributed by atoms with Gasteiger partial charge in [-0.25, -0.2) is 5.48 Å². The molecule has 4 N–H and O–H groups in total. The molecule has 0 aromatic heterocycles. The predicted molar refractivity (Wildman–Crippen MR) is 95.9 cm³/mol. The highest BCUT2D eigenvalue weighted by Crippen LogP contribution is 2.29. The largest absolute Gasteiger partial charge is 0.393 e. The highest BCUT2D eigenvalue weighted by atomic mass is 16.5. The van der Waals surface area contributed by atoms with Crippen molar-refractivity contribution in [2.24, 2.45) is 0 Å². The molecule has 0 radical (unpaired) electrons. The van der Waals surface area contributed by atoms with E-state index in [1.165, 1.54) is 5.56 Å². The Morgan fingerprint density at radius 3 is 2.20 bits per heavy atom. The van der Waals surface area contributed by atoms with Crippen molar-refractivity contribution in [2.45, 2.75) is 43.9 Å². The lowest BCUT2D eigenvalue weighted by Crippen LogP contribution is -2.58. The molecule has 2 aromatic rings. The van der Waals surface area contributed by atoms with Gasteiger partial charge in [0, 0.05) is 6.54 Å². The number of carbonyl (C=O) groups is 1. The highest BCUT2D eigenvalue weighted by molar-refractivity contribution is 5.85. The smallest absolute Gasteiger partial charge is 0.263 e. The summed E-state index contributed by atoms with van der Waals surface area (Å²) in [5.74, 6) is -0.430. The van der Waals surface area contributed by atoms with Crippen molar-refractivity contribution in [3.05, 3.63) is 60.2 Å². The molecular weight excluding hydrogens is 316 g/mol. The molecule has 0 saturated heterocycles. The Hall–Kier alpha value is -2.21. The van der Waals surface area contributed by atoms with E-state index >= 15 is 0 Å². The van der Waals surface area contributed by atoms with Gasteiger partial charge in [-0.05, 0) is 42.4 Å². The van der Waals surface area contributed by atoms with Gasteiger partial charge < -0.3 is 5.11 Å². The molecule has 1 aliphatic rings. The van der Waals surface area contributed by atoms with E-state index in [1.54, 1.807) is 5.48 Å². The second-order valence-corrected chi connectivity index (χ2v) is 6.67. The van der Waals surface area contributed by atoms with Crippen LogP contribution in [0, 0.1) is 0 Å². The van der Waals surface area contributed by atoms with E-state index in [0.717, 1.165) is 11.1 Å². The number of hydrogen-bond acceptors (Lipinski definition) is 4. The van der Waals surface area contributed by atoms with Crippen LogP contribution in [-0.2, 0) is 11.3 Å². The maximum Gasteiger partial charge on any atom is 0.263 e. The molecule has 0 spiro atoms. The monoisotopic (exact) mass is 340 g/mol. The predicted octanol–water partition coefficient (Wildman–Crippen LogP) is 2.62. The molecule has 25 heavy (non-hydrogen) atoms. The van der Waals surface area contributed by atoms with Gasteiger partial charge in [-0.1, -0.05) is 54.6 Å². The molecule has 0 heterocycles. The normalized spacial score (nSPS) is 23.2. The minimum atomic E-state index is -0.827. The Labute approximate surface area is 147 Å². The second-order valence-electron chi connectivity index (χ2n) is 6.67. The van der Waals surface area contributed by atoms with Crippen LogP contribution in [0.5, 0.6) is 0 Å². The molecule has 3 rings (SSSR count). The number of aliphatic hydroxyl groups excluding tert-OH is 1. The van der Waals surface area contributed by atoms with Crippen LogP contribution in [0.3, 0.4) is 0 Å². The van der Waals surface area contributed by atoms with Gasteiger partial charge >= 0.3 is 0 Å². The van der Waals surface area contributed by atoms with Crippen LogP contribution in [0.1, 0.15) is 31.2 Å². The minimum absolute atomic E-state index is 0.369. The average molecular weight is 340 g/mol. The molecule has 1 fully saturated rings. The summed E-state index contributed by atoms with van der Waals surface area (Å²) in [6, 6.07) is 18.4. The van der Waals surface area contributed by atoms with Crippen molar-refractivity contribution >= 4 is 5.91 Å². The molecule has 2 aromatic carbocycles. The van der Waals surface area contributed by atoms with Gasteiger partial charge in [0.2, 0.25) is 0 Å². The van der Waals surface area contributed by atoms with Gasteiger partial charge in [0.25, 0.3) is 5.91 Å². The van der Waals surface area contributed by atoms with Gasteiger partial charge in [0.05, 0.1) is 6.10 Å². The number of hydrogen-bond donors (Lipinski definition) is 4. The molecule has 5 heteroatoms. The number of amides is 1. The summed E-state index contributed by atoms with van der Waals surface area (Å²) in [6.07, 6.45) is 1.73. The van der Waals surface area contributed by atoms with Crippen molar-refractivity contribution in [1.29, 1.82) is 0 Å². The zero-order valence-corrected chi connectivity index (χ0v) is 14.1. The molecule has 0 atom stereocenters. The summed E-state index contributed by atoms with van der Waals surface area (Å²) in [5, 5.41) is 22.1. The van der Waals surface area contributed by atoms with Gasteiger partial charge in [-0.15, -0.1) is 0 Å². The Morgan fingerprint density at radius 1 is 1.00 bits per heavy atom. The van der Waals surface area contributed by atoms with Crippen molar-refractivity contribution in [3.8, 4) is 11.1 Å². The lowest BCUT2D eigenvalue weighted by Gasteiger charge is -2.37. The van der Waals surface area contributed by atoms with Crippen molar-refractivity contribution in [2.75, 3.05) is 0 Å². The molecular formula is C20H24N2O3. The zero-order chi connectivity index (χ0) is 17.7. The summed E-state index contributed by atoms with van der Waals surface area (Å²) in [4.78, 5) is 12.2. The van der Waals surface area contributed by atoms with Gasteiger partial charge in [0.1, 0.15) is 5.54 Å². The van der Waals surface area contributed by atoms with Crippen LogP contribution >= 0.6 is 0 Å². The number of benzene rings is 2. The summed E-state index contributed by atoms with van der Waals surface area (Å²) in [7, 11) is 0. The van der Waals surface area contributed by atoms with Crippen LogP contribution in [0.25, 0.3) is 11.1 Å². The second kappa shape index (κ2) is 7.78. The van der Waals surface area contributed by atoms with E-state index in [-0.39, 0.29) is 6.10 Å². The third-order valence-corrected chi connectivity index (χ3v) is 5.04. The highest BCUT2D eigenvalue weighted by Gasteiger charge is 2.41. The van der Waals surface area contributed by atoms with Crippen LogP contribution in [0.15, 0.2) is 54.6 Å². The fourth-order valence-electron chi connectivity index (χ4n) is 3.40. The average Bonchev–Trinajstić information content (AvgIpc) is 2.68. The van der Waals surface area contributed by atoms with Crippen LogP contribution in [-0.4, -0.2) is 27.9 Å². The first-order valence-corrected chi connectivity index (χ1v) is 8.65. The van der Waals surface area contributed by atoms with Gasteiger partial charge in [-0.2, -0.15) is 0 Å². The third kappa shape index (κ3) is 4.07. The Balaban J connectivity index is 1.68. The van der Waals surface area contributed by atoms with E-state index in [2.05, 4.69) is 29.6 Å². The quantitative estimate of drug-likeness (QED) is 0.498. The molecule has 5 nitrogen and oxygen atoms in total. The molecule has 1 saturated carbocycles. The van der Waals surface area contributed by atoms with Crippen molar-refractivity contribution < 1.29 is 15.1 Å². The van der Waals surface area contributed by atoms with Gasteiger partial charge in [0.15, 0.2) is 0 Å². The zero-order valence-electron chi connectivity index (χ0n) is 14.1. The number of aliphatic hydroxyl groups is 1. The number of carbonyl (C=O) groups excluding carboxylic acids is 1. The molecule has 0 aliphatic heterocycles. The molecule has 1 amide bonds. The Kier molecular flexibility index (Phi) is 5.48. The molecule has 0 bridgehead atoms. The molecule has 0 unspecified atom stereocenters. The fourth-order valence-corrected chi connectivity index (χ4v) is 3.40. The first-order valence-electron chi connectivity index (χ1n) is 8.65. The Morgan fingerprint density at radius 2 is 1.60 bits per heavy atom. The third-order valence-electron chi connectivity index (χ3n) is 5.04. The molecule has 1 aliphatic carbocycles. The van der Waals surface area contributed by atoms with Gasteiger partial charge in [-0.3, -0.25) is 15.3 Å². The minimum Gasteiger partial charge on any atom is -0.393 e. The van der Waals surface area contributed by atoms with Crippen LogP contribution in [0.4, 0.5) is 0 Å². The summed E-state index contributed by atoms with van der Waals surface area (Å²) >= 11 is 0. The standard InChI is InChI=1S/C20H24N2O3/c23-18-10-12-20(13-11-18,19(24)22-25)21-14-15-6-8-17(9-7-15)16-4-2-1-3-5-16/h1-9,18,21,23,25H,10-14H2,(H,22,24)/t18-,20+. The van der Waals surface area contributed by atoms with Crippen LogP contribution in [0.2, 0.25) is 0 Å². The lowest BCUT2D eigenvalue weighted by molar-refractivity contribution is -0.138. The molecule has 132 valence electrons. The first-order chi connectivity index (χ1) is 12.1. The number of hydroxylamine groups is 1. The first kappa shape index (κ1) is 17.6. The fraction of sp³-hybridized carbons (Fsp3) is 0.350. The van der Waals surface area contributed by atoms with E-state index < -0.39 is 11.4 Å². The SMILES string of the molecule is O=C(NO)[C@]1(NCc2ccc(-c3ccccc3)cc2)CC[C@@H](O)CC1. The number of rotatable bonds is 5. The van der Waals surface area contributed by atoms with Crippen LogP contribution < -0.4 is 10.8 Å². The number of nitrogens with one attached hydrogen (secondary N) is 2. The summed E-state index contributed by atoms with van der Waals surface area (Å²) in [6.45, 7) is 0.526. The Bertz CT molecular complexity index is 693. The van der Waals surface area contributed by atoms with E-state index in [1.807, 2.05) is 30.3 Å². The lowest BCUT2D eigenvalue weighted by atomic mass is 9.79. The summed E-state index contributed by atoms with van der Waals surface area (Å²) in [5.41, 5.74) is 4.32. The van der Waals surface area contributed by atoms with Crippen molar-refractivity contribution in [3.63, 3.8) is 0 Å². The van der Waals surface area contributed by atoms with Crippen molar-refractivity contribution in [1.82, 2.24) is 10.8 Å². The maximum absolute atomic E-state index is 12.2. The van der Waals surface area contributed by atoms with E-state index in [0.29, 0.717) is 32.2 Å². The van der Waals surface area contributed by atoms with E-state index in [4.69, 9.17) is 5.21 Å². The summed E-state index contributed by atoms with van der Waals surface area (Å²) < 4.78 is 0. The maximum atomic E-state index is 12.2.